The van der Waals surface area contributed by atoms with E-state index in [0.717, 1.165) is 43.4 Å². The Morgan fingerprint density at radius 2 is 1.65 bits per heavy atom. The minimum Gasteiger partial charge on any atom is -0.616 e. The van der Waals surface area contributed by atoms with Crippen molar-refractivity contribution in [3.05, 3.63) is 0 Å². The van der Waals surface area contributed by atoms with Gasteiger partial charge in [0.1, 0.15) is 11.7 Å². The first-order chi connectivity index (χ1) is 12.7. The van der Waals surface area contributed by atoms with E-state index in [-0.39, 0.29) is 11.9 Å². The Kier molecular flexibility index (Phi) is 26.1. The van der Waals surface area contributed by atoms with E-state index in [9.17, 15) is 9.35 Å². The second-order valence-electron chi connectivity index (χ2n) is 4.19. The molecule has 0 aromatic carbocycles. The molecule has 4 nitrogen and oxygen atoms in total. The maximum Gasteiger partial charge on any atom is 0.316 e. The van der Waals surface area contributed by atoms with E-state index in [4.69, 9.17) is 9.84 Å². The van der Waals surface area contributed by atoms with Crippen molar-refractivity contribution in [1.82, 2.24) is 0 Å². The summed E-state index contributed by atoms with van der Waals surface area (Å²) in [6.45, 7) is 0. The van der Waals surface area contributed by atoms with Gasteiger partial charge in [0.25, 0.3) is 0 Å². The third-order valence-corrected chi connectivity index (χ3v) is 12.3. The van der Waals surface area contributed by atoms with Gasteiger partial charge in [-0.2, -0.15) is 12.6 Å². The quantitative estimate of drug-likeness (QED) is 0.0782. The van der Waals surface area contributed by atoms with E-state index in [1.165, 1.54) is 11.8 Å². The largest absolute Gasteiger partial charge is 0.616 e. The van der Waals surface area contributed by atoms with Crippen LogP contribution in [0.2, 0.25) is 0 Å². The first kappa shape index (κ1) is 28.5. The second-order valence-corrected chi connectivity index (χ2v) is 15.2. The monoisotopic (exact) mass is 534 g/mol. The van der Waals surface area contributed by atoms with Gasteiger partial charge in [-0.3, -0.25) is 4.79 Å². The van der Waals surface area contributed by atoms with E-state index < -0.39 is 11.2 Å². The molecule has 0 bridgehead atoms. The number of hydrogen-bond donors (Lipinski definition) is 2. The molecule has 0 aliphatic carbocycles. The Labute approximate surface area is 195 Å². The average molecular weight is 535 g/mol. The zero-order valence-electron chi connectivity index (χ0n) is 14.4. The molecule has 0 aromatic heterocycles. The number of carbonyl (C=O) groups excluding carboxylic acids is 1. The number of ether oxygens (including phenoxy) is 1. The molecule has 0 rings (SSSR count). The second kappa shape index (κ2) is 23.8. The van der Waals surface area contributed by atoms with Crippen LogP contribution in [-0.4, -0.2) is 81.7 Å². The van der Waals surface area contributed by atoms with Gasteiger partial charge in [0.15, 0.2) is 5.08 Å². The van der Waals surface area contributed by atoms with Crippen LogP contribution in [0.3, 0.4) is 0 Å². The molecule has 0 aliphatic rings. The molecule has 0 saturated heterocycles. The van der Waals surface area contributed by atoms with Crippen LogP contribution in [0.15, 0.2) is 0 Å². The summed E-state index contributed by atoms with van der Waals surface area (Å²) in [5.74, 6) is 4.21. The average Bonchev–Trinajstić information content (AvgIpc) is 2.64. The van der Waals surface area contributed by atoms with Crippen molar-refractivity contribution in [3.63, 3.8) is 0 Å². The number of hydrogen-bond acceptors (Lipinski definition) is 12. The molecule has 0 saturated carbocycles. The molecule has 0 heterocycles. The predicted octanol–water partition coefficient (Wildman–Crippen LogP) is 4.04. The van der Waals surface area contributed by atoms with E-state index in [1.54, 1.807) is 35.3 Å². The molecule has 0 amide bonds. The van der Waals surface area contributed by atoms with E-state index in [0.29, 0.717) is 16.8 Å². The molecule has 26 heavy (non-hydrogen) atoms. The Morgan fingerprint density at radius 1 is 0.962 bits per heavy atom. The van der Waals surface area contributed by atoms with E-state index >= 15 is 0 Å². The van der Waals surface area contributed by atoms with Crippen molar-refractivity contribution in [2.24, 2.45) is 0 Å². The molecule has 0 spiro atoms. The van der Waals surface area contributed by atoms with Crippen LogP contribution in [0.25, 0.3) is 0 Å². The van der Waals surface area contributed by atoms with Crippen molar-refractivity contribution in [2.45, 2.75) is 0 Å². The number of rotatable bonds is 20. The lowest BCUT2D eigenvalue weighted by molar-refractivity contribution is -0.138. The van der Waals surface area contributed by atoms with Gasteiger partial charge in [-0.15, -0.1) is 70.6 Å². The lowest BCUT2D eigenvalue weighted by Crippen LogP contribution is -2.10. The molecule has 0 radical (unpaired) electrons. The van der Waals surface area contributed by atoms with Crippen LogP contribution in [0, 0.1) is 0 Å². The van der Waals surface area contributed by atoms with Gasteiger partial charge in [0.2, 0.25) is 0 Å². The smallest absolute Gasteiger partial charge is 0.316 e. The number of thioether (sulfide) groups is 7. The van der Waals surface area contributed by atoms with Crippen LogP contribution >= 0.6 is 95.0 Å². The molecule has 1 atom stereocenters. The van der Waals surface area contributed by atoms with Gasteiger partial charge in [0, 0.05) is 37.6 Å². The summed E-state index contributed by atoms with van der Waals surface area (Å²) in [5.41, 5.74) is 0. The summed E-state index contributed by atoms with van der Waals surface area (Å²) in [4.78, 5) is 11.5. The Bertz CT molecular complexity index is 315. The maximum absolute atomic E-state index is 11.6. The molecule has 0 aliphatic heterocycles. The number of aliphatic hydroxyl groups excluding tert-OH is 1. The number of thiol groups is 1. The van der Waals surface area contributed by atoms with Gasteiger partial charge in [-0.25, -0.2) is 0 Å². The standard InChI is InChI=1S/C13H26O4S9/c14-6-19-1-2-20-7-17-13(15)5-22-10-25-11-24-9-21-3-4-26(16)12-23-8-18/h14,18H,1-12H2. The van der Waals surface area contributed by atoms with Gasteiger partial charge in [-0.05, 0) is 11.2 Å². The molecular formula is C13H26O4S9. The van der Waals surface area contributed by atoms with Crippen molar-refractivity contribution < 1.29 is 19.2 Å². The molecule has 1 N–H and O–H groups in total. The van der Waals surface area contributed by atoms with Crippen molar-refractivity contribution in [3.8, 4) is 0 Å². The fraction of sp³-hybridized carbons (Fsp3) is 0.923. The molecule has 156 valence electrons. The summed E-state index contributed by atoms with van der Waals surface area (Å²) < 4.78 is 16.7. The maximum atomic E-state index is 11.6. The highest BCUT2D eigenvalue weighted by Gasteiger charge is 2.05. The molecule has 1 unspecified atom stereocenters. The summed E-state index contributed by atoms with van der Waals surface area (Å²) >= 11 is 15.1. The van der Waals surface area contributed by atoms with Crippen LogP contribution < -0.4 is 0 Å². The number of aliphatic hydroxyl groups is 1. The first-order valence-corrected chi connectivity index (χ1v) is 17.7. The van der Waals surface area contributed by atoms with Gasteiger partial charge in [0.05, 0.1) is 11.7 Å². The third kappa shape index (κ3) is 22.8. The summed E-state index contributed by atoms with van der Waals surface area (Å²) in [5, 5.41) is 12.9. The SMILES string of the molecule is O=C(CSCSCSCSCC[S+]([O-])CSCS)OCSCCSCO. The molecule has 0 fully saturated rings. The Morgan fingerprint density at radius 3 is 2.38 bits per heavy atom. The van der Waals surface area contributed by atoms with Crippen LogP contribution in [0.1, 0.15) is 0 Å². The zero-order chi connectivity index (χ0) is 19.3. The molecule has 0 aromatic rings. The van der Waals surface area contributed by atoms with Crippen molar-refractivity contribution >= 4 is 112 Å². The van der Waals surface area contributed by atoms with Gasteiger partial charge in [-0.1, -0.05) is 11.8 Å². The van der Waals surface area contributed by atoms with Crippen molar-refractivity contribution in [2.75, 3.05) is 66.1 Å². The fourth-order valence-corrected chi connectivity index (χ4v) is 10.2. The van der Waals surface area contributed by atoms with E-state index in [2.05, 4.69) is 12.6 Å². The first-order valence-electron chi connectivity index (χ1n) is 7.47. The van der Waals surface area contributed by atoms with Crippen molar-refractivity contribution in [1.29, 1.82) is 0 Å². The summed E-state index contributed by atoms with van der Waals surface area (Å²) in [6, 6.07) is 0. The highest BCUT2D eigenvalue weighted by Crippen LogP contribution is 2.21. The van der Waals surface area contributed by atoms with Crippen LogP contribution in [0.5, 0.6) is 0 Å². The number of esters is 1. The highest BCUT2D eigenvalue weighted by molar-refractivity contribution is 8.26. The minimum atomic E-state index is -0.722. The Hall–Kier alpha value is 2.54. The lowest BCUT2D eigenvalue weighted by Gasteiger charge is -2.09. The fourth-order valence-electron chi connectivity index (χ4n) is 1.16. The normalized spacial score (nSPS) is 12.3. The molecular weight excluding hydrogens is 509 g/mol. The topological polar surface area (TPSA) is 69.6 Å². The lowest BCUT2D eigenvalue weighted by atomic mass is 10.8. The van der Waals surface area contributed by atoms with Crippen LogP contribution in [-0.2, 0) is 20.7 Å². The Balaban J connectivity index is 3.19. The van der Waals surface area contributed by atoms with Gasteiger partial charge < -0.3 is 14.4 Å². The number of carbonyl (C=O) groups is 1. The third-order valence-electron chi connectivity index (χ3n) is 2.25. The summed E-state index contributed by atoms with van der Waals surface area (Å²) in [7, 11) is 0. The van der Waals surface area contributed by atoms with E-state index in [1.807, 2.05) is 35.3 Å². The minimum absolute atomic E-state index is 0.141. The predicted molar refractivity (Wildman–Crippen MR) is 137 cm³/mol. The summed E-state index contributed by atoms with van der Waals surface area (Å²) in [6.07, 6.45) is 0. The van der Waals surface area contributed by atoms with Gasteiger partial charge >= 0.3 is 5.97 Å². The van der Waals surface area contributed by atoms with Crippen LogP contribution in [0.4, 0.5) is 0 Å². The molecule has 13 heteroatoms. The zero-order valence-corrected chi connectivity index (χ0v) is 21.8. The highest BCUT2D eigenvalue weighted by atomic mass is 32.3.